The molecule has 110 valence electrons. The molecule has 1 aromatic heterocycles. The van der Waals surface area contributed by atoms with Crippen LogP contribution in [-0.2, 0) is 0 Å². The Morgan fingerprint density at radius 3 is 3.10 bits per heavy atom. The van der Waals surface area contributed by atoms with Gasteiger partial charge in [-0.2, -0.15) is 0 Å². The Morgan fingerprint density at radius 2 is 2.19 bits per heavy atom. The lowest BCUT2D eigenvalue weighted by molar-refractivity contribution is 0.0395. The summed E-state index contributed by atoms with van der Waals surface area (Å²) >= 11 is 0. The van der Waals surface area contributed by atoms with E-state index >= 15 is 0 Å². The van der Waals surface area contributed by atoms with E-state index in [9.17, 15) is 4.79 Å². The summed E-state index contributed by atoms with van der Waals surface area (Å²) in [6, 6.07) is 8.83. The maximum Gasteiger partial charge on any atom is 0.254 e. The van der Waals surface area contributed by atoms with Gasteiger partial charge < -0.3 is 9.88 Å². The first-order chi connectivity index (χ1) is 10.2. The summed E-state index contributed by atoms with van der Waals surface area (Å²) in [7, 11) is 0. The molecule has 0 radical (unpaired) electrons. The fourth-order valence-electron chi connectivity index (χ4n) is 3.82. The van der Waals surface area contributed by atoms with Crippen molar-refractivity contribution in [3.05, 3.63) is 36.0 Å². The Hall–Kier alpha value is -1.81. The number of fused-ring (bicyclic) bond motifs is 2. The van der Waals surface area contributed by atoms with Gasteiger partial charge in [0.25, 0.3) is 5.91 Å². The van der Waals surface area contributed by atoms with Gasteiger partial charge in [0, 0.05) is 47.8 Å². The van der Waals surface area contributed by atoms with Gasteiger partial charge in [0.05, 0.1) is 0 Å². The molecule has 4 nitrogen and oxygen atoms in total. The van der Waals surface area contributed by atoms with Crippen LogP contribution in [0.5, 0.6) is 0 Å². The summed E-state index contributed by atoms with van der Waals surface area (Å²) in [6.07, 6.45) is 4.42. The van der Waals surface area contributed by atoms with Gasteiger partial charge in [-0.1, -0.05) is 0 Å². The van der Waals surface area contributed by atoms with E-state index in [0.717, 1.165) is 29.6 Å². The average molecular weight is 283 g/mol. The highest BCUT2D eigenvalue weighted by molar-refractivity contribution is 5.98. The van der Waals surface area contributed by atoms with E-state index in [1.807, 2.05) is 30.5 Å². The van der Waals surface area contributed by atoms with Gasteiger partial charge in [0.15, 0.2) is 0 Å². The number of aromatic amines is 1. The van der Waals surface area contributed by atoms with Gasteiger partial charge in [0.1, 0.15) is 0 Å². The maximum atomic E-state index is 12.9. The molecule has 0 aliphatic carbocycles. The first kappa shape index (κ1) is 12.9. The molecule has 1 N–H and O–H groups in total. The molecule has 1 aromatic carbocycles. The SMILES string of the molecule is CC1CN2CCCC2CN1C(=O)c1ccc2[nH]ccc2c1. The molecule has 21 heavy (non-hydrogen) atoms. The molecular formula is C17H21N3O. The van der Waals surface area contributed by atoms with E-state index in [2.05, 4.69) is 21.7 Å². The Labute approximate surface area is 124 Å². The first-order valence-electron chi connectivity index (χ1n) is 7.84. The fraction of sp³-hybridized carbons (Fsp3) is 0.471. The first-order valence-corrected chi connectivity index (χ1v) is 7.84. The second-order valence-electron chi connectivity index (χ2n) is 6.38. The number of hydrogen-bond acceptors (Lipinski definition) is 2. The van der Waals surface area contributed by atoms with Crippen LogP contribution in [0.1, 0.15) is 30.1 Å². The minimum Gasteiger partial charge on any atom is -0.361 e. The lowest BCUT2D eigenvalue weighted by Gasteiger charge is -2.42. The summed E-state index contributed by atoms with van der Waals surface area (Å²) in [5.41, 5.74) is 1.89. The average Bonchev–Trinajstić information content (AvgIpc) is 3.12. The number of carbonyl (C=O) groups is 1. The topological polar surface area (TPSA) is 39.3 Å². The molecular weight excluding hydrogens is 262 g/mol. The Morgan fingerprint density at radius 1 is 1.29 bits per heavy atom. The molecule has 2 saturated heterocycles. The number of aromatic nitrogens is 1. The molecule has 2 atom stereocenters. The molecule has 2 aliphatic rings. The summed E-state index contributed by atoms with van der Waals surface area (Å²) < 4.78 is 0. The molecule has 0 saturated carbocycles. The van der Waals surface area contributed by atoms with Crippen molar-refractivity contribution in [2.24, 2.45) is 0 Å². The highest BCUT2D eigenvalue weighted by Crippen LogP contribution is 2.26. The van der Waals surface area contributed by atoms with Crippen LogP contribution in [0.4, 0.5) is 0 Å². The van der Waals surface area contributed by atoms with E-state index in [1.54, 1.807) is 0 Å². The van der Waals surface area contributed by atoms with Crippen LogP contribution in [-0.4, -0.2) is 52.4 Å². The smallest absolute Gasteiger partial charge is 0.254 e. The minimum absolute atomic E-state index is 0.178. The number of nitrogens with zero attached hydrogens (tertiary/aromatic N) is 2. The van der Waals surface area contributed by atoms with Gasteiger partial charge >= 0.3 is 0 Å². The molecule has 2 aliphatic heterocycles. The zero-order valence-corrected chi connectivity index (χ0v) is 12.4. The number of benzene rings is 1. The van der Waals surface area contributed by atoms with Gasteiger partial charge in [-0.05, 0) is 50.6 Å². The van der Waals surface area contributed by atoms with Crippen LogP contribution in [0.15, 0.2) is 30.5 Å². The molecule has 2 unspecified atom stereocenters. The molecule has 3 heterocycles. The molecule has 0 spiro atoms. The lowest BCUT2D eigenvalue weighted by Crippen LogP contribution is -2.56. The van der Waals surface area contributed by atoms with Crippen LogP contribution < -0.4 is 0 Å². The van der Waals surface area contributed by atoms with E-state index in [4.69, 9.17) is 0 Å². The highest BCUT2D eigenvalue weighted by atomic mass is 16.2. The van der Waals surface area contributed by atoms with Crippen LogP contribution >= 0.6 is 0 Å². The Balaban J connectivity index is 1.60. The van der Waals surface area contributed by atoms with Crippen molar-refractivity contribution in [3.63, 3.8) is 0 Å². The van der Waals surface area contributed by atoms with Crippen LogP contribution in [0.25, 0.3) is 10.9 Å². The molecule has 4 heteroatoms. The number of carbonyl (C=O) groups excluding carboxylic acids is 1. The summed E-state index contributed by atoms with van der Waals surface area (Å²) in [6.45, 7) is 5.27. The van der Waals surface area contributed by atoms with Crippen molar-refractivity contribution in [1.29, 1.82) is 0 Å². The number of rotatable bonds is 1. The standard InChI is InChI=1S/C17H21N3O/c1-12-10-19-8-2-3-15(19)11-20(12)17(21)14-4-5-16-13(9-14)6-7-18-16/h4-7,9,12,15,18H,2-3,8,10-11H2,1H3. The van der Waals surface area contributed by atoms with E-state index < -0.39 is 0 Å². The van der Waals surface area contributed by atoms with E-state index in [-0.39, 0.29) is 5.91 Å². The third kappa shape index (κ3) is 2.14. The normalized spacial score (nSPS) is 26.2. The third-order valence-electron chi connectivity index (χ3n) is 5.00. The largest absolute Gasteiger partial charge is 0.361 e. The number of piperazine rings is 1. The molecule has 2 fully saturated rings. The van der Waals surface area contributed by atoms with Crippen LogP contribution in [0.3, 0.4) is 0 Å². The minimum atomic E-state index is 0.178. The molecule has 4 rings (SSSR count). The monoisotopic (exact) mass is 283 g/mol. The van der Waals surface area contributed by atoms with Crippen molar-refractivity contribution in [2.75, 3.05) is 19.6 Å². The predicted octanol–water partition coefficient (Wildman–Crippen LogP) is 2.48. The van der Waals surface area contributed by atoms with Gasteiger partial charge in [-0.3, -0.25) is 9.69 Å². The highest BCUT2D eigenvalue weighted by Gasteiger charge is 2.36. The molecule has 2 aromatic rings. The van der Waals surface area contributed by atoms with Crippen molar-refractivity contribution >= 4 is 16.8 Å². The molecule has 0 bridgehead atoms. The number of hydrogen-bond donors (Lipinski definition) is 1. The zero-order valence-electron chi connectivity index (χ0n) is 12.4. The second kappa shape index (κ2) is 4.88. The van der Waals surface area contributed by atoms with Gasteiger partial charge in [-0.25, -0.2) is 0 Å². The lowest BCUT2D eigenvalue weighted by atomic mass is 10.1. The van der Waals surface area contributed by atoms with Gasteiger partial charge in [-0.15, -0.1) is 0 Å². The zero-order chi connectivity index (χ0) is 14.4. The van der Waals surface area contributed by atoms with Crippen molar-refractivity contribution in [1.82, 2.24) is 14.8 Å². The van der Waals surface area contributed by atoms with Crippen molar-refractivity contribution in [3.8, 4) is 0 Å². The number of amides is 1. The summed E-state index contributed by atoms with van der Waals surface area (Å²) in [5, 5.41) is 1.10. The number of nitrogens with one attached hydrogen (secondary N) is 1. The maximum absolute atomic E-state index is 12.9. The van der Waals surface area contributed by atoms with Crippen molar-refractivity contribution in [2.45, 2.75) is 31.8 Å². The van der Waals surface area contributed by atoms with E-state index in [0.29, 0.717) is 12.1 Å². The van der Waals surface area contributed by atoms with Crippen LogP contribution in [0, 0.1) is 0 Å². The number of H-pyrrole nitrogens is 1. The fourth-order valence-corrected chi connectivity index (χ4v) is 3.82. The van der Waals surface area contributed by atoms with E-state index in [1.165, 1.54) is 19.4 Å². The Kier molecular flexibility index (Phi) is 3.00. The van der Waals surface area contributed by atoms with Crippen molar-refractivity contribution < 1.29 is 4.79 Å². The quantitative estimate of drug-likeness (QED) is 0.873. The predicted molar refractivity (Wildman–Crippen MR) is 83.4 cm³/mol. The second-order valence-corrected chi connectivity index (χ2v) is 6.38. The Bertz CT molecular complexity index is 677. The van der Waals surface area contributed by atoms with Crippen LogP contribution in [0.2, 0.25) is 0 Å². The summed E-state index contributed by atoms with van der Waals surface area (Å²) in [5.74, 6) is 0.178. The molecule has 1 amide bonds. The third-order valence-corrected chi connectivity index (χ3v) is 5.00. The summed E-state index contributed by atoms with van der Waals surface area (Å²) in [4.78, 5) is 20.6. The van der Waals surface area contributed by atoms with Gasteiger partial charge in [0.2, 0.25) is 0 Å².